The van der Waals surface area contributed by atoms with Gasteiger partial charge in [0.2, 0.25) is 0 Å². The second-order valence-corrected chi connectivity index (χ2v) is 4.10. The fourth-order valence-electron chi connectivity index (χ4n) is 1.70. The van der Waals surface area contributed by atoms with Crippen LogP contribution in [0.2, 0.25) is 5.02 Å². The highest BCUT2D eigenvalue weighted by molar-refractivity contribution is 6.33. The molecule has 1 aromatic rings. The molecule has 2 N–H and O–H groups in total. The summed E-state index contributed by atoms with van der Waals surface area (Å²) in [4.78, 5) is 6.41. The average Bonchev–Trinajstić information content (AvgIpc) is 2.20. The first-order chi connectivity index (χ1) is 7.18. The maximum absolute atomic E-state index is 6.10. The number of pyridine rings is 1. The van der Waals surface area contributed by atoms with Crippen LogP contribution in [0.1, 0.15) is 6.92 Å². The van der Waals surface area contributed by atoms with E-state index in [-0.39, 0.29) is 0 Å². The van der Waals surface area contributed by atoms with Gasteiger partial charge < -0.3 is 15.4 Å². The fourth-order valence-corrected chi connectivity index (χ4v) is 1.98. The quantitative estimate of drug-likeness (QED) is 0.791. The molecule has 1 fully saturated rings. The highest BCUT2D eigenvalue weighted by Gasteiger charge is 2.21. The van der Waals surface area contributed by atoms with E-state index in [1.54, 1.807) is 12.3 Å². The number of hydrogen-bond donors (Lipinski definition) is 1. The lowest BCUT2D eigenvalue weighted by Crippen LogP contribution is -2.44. The zero-order chi connectivity index (χ0) is 10.8. The molecule has 1 saturated heterocycles. The molecule has 0 aliphatic carbocycles. The van der Waals surface area contributed by atoms with Crippen molar-refractivity contribution < 1.29 is 4.74 Å². The van der Waals surface area contributed by atoms with Crippen molar-refractivity contribution in [1.29, 1.82) is 0 Å². The summed E-state index contributed by atoms with van der Waals surface area (Å²) in [6.07, 6.45) is 1.63. The zero-order valence-corrected chi connectivity index (χ0v) is 9.37. The Labute approximate surface area is 94.0 Å². The van der Waals surface area contributed by atoms with Crippen LogP contribution in [-0.2, 0) is 4.74 Å². The Bertz CT molecular complexity index is 359. The molecular formula is C10H14ClN3O. The van der Waals surface area contributed by atoms with E-state index in [0.29, 0.717) is 30.0 Å². The van der Waals surface area contributed by atoms with Gasteiger partial charge in [-0.25, -0.2) is 4.98 Å². The van der Waals surface area contributed by atoms with Crippen molar-refractivity contribution in [2.24, 2.45) is 0 Å². The van der Waals surface area contributed by atoms with Gasteiger partial charge in [-0.1, -0.05) is 11.6 Å². The van der Waals surface area contributed by atoms with E-state index in [1.165, 1.54) is 0 Å². The van der Waals surface area contributed by atoms with Gasteiger partial charge in [0.15, 0.2) is 0 Å². The molecule has 1 unspecified atom stereocenters. The van der Waals surface area contributed by atoms with Crippen molar-refractivity contribution in [3.8, 4) is 0 Å². The van der Waals surface area contributed by atoms with Crippen molar-refractivity contribution in [3.63, 3.8) is 0 Å². The van der Waals surface area contributed by atoms with E-state index >= 15 is 0 Å². The van der Waals surface area contributed by atoms with E-state index in [9.17, 15) is 0 Å². The molecule has 0 radical (unpaired) electrons. The molecular weight excluding hydrogens is 214 g/mol. The van der Waals surface area contributed by atoms with Gasteiger partial charge in [-0.2, -0.15) is 0 Å². The molecule has 15 heavy (non-hydrogen) atoms. The summed E-state index contributed by atoms with van der Waals surface area (Å²) in [7, 11) is 0. The molecule has 0 saturated carbocycles. The summed E-state index contributed by atoms with van der Waals surface area (Å²) in [6.45, 7) is 4.33. The Morgan fingerprint density at radius 3 is 3.13 bits per heavy atom. The Balaban J connectivity index is 2.27. The molecule has 4 nitrogen and oxygen atoms in total. The number of hydrogen-bond acceptors (Lipinski definition) is 4. The number of nitrogen functional groups attached to an aromatic ring is 1. The summed E-state index contributed by atoms with van der Waals surface area (Å²) in [5, 5.41) is 0.601. The van der Waals surface area contributed by atoms with Gasteiger partial charge in [-0.15, -0.1) is 0 Å². The average molecular weight is 228 g/mol. The van der Waals surface area contributed by atoms with Crippen LogP contribution in [0.15, 0.2) is 12.3 Å². The van der Waals surface area contributed by atoms with E-state index in [0.717, 1.165) is 12.4 Å². The standard InChI is InChI=1S/C10H14ClN3O/c1-7-6-15-3-2-14(7)10-9(11)4-8(12)5-13-10/h4-5,7H,2-3,6,12H2,1H3. The van der Waals surface area contributed by atoms with Gasteiger partial charge in [0.25, 0.3) is 0 Å². The van der Waals surface area contributed by atoms with Gasteiger partial charge in [-0.3, -0.25) is 0 Å². The number of anilines is 2. The van der Waals surface area contributed by atoms with Crippen LogP contribution in [-0.4, -0.2) is 30.8 Å². The molecule has 1 aromatic heterocycles. The third-order valence-electron chi connectivity index (χ3n) is 2.48. The highest BCUT2D eigenvalue weighted by atomic mass is 35.5. The number of halogens is 1. The van der Waals surface area contributed by atoms with Crippen molar-refractivity contribution in [2.45, 2.75) is 13.0 Å². The van der Waals surface area contributed by atoms with E-state index < -0.39 is 0 Å². The van der Waals surface area contributed by atoms with Crippen LogP contribution in [0.5, 0.6) is 0 Å². The monoisotopic (exact) mass is 227 g/mol. The van der Waals surface area contributed by atoms with Gasteiger partial charge in [0, 0.05) is 6.54 Å². The summed E-state index contributed by atoms with van der Waals surface area (Å²) in [6, 6.07) is 2.03. The number of nitrogens with two attached hydrogens (primary N) is 1. The summed E-state index contributed by atoms with van der Waals surface area (Å²) >= 11 is 6.10. The summed E-state index contributed by atoms with van der Waals surface area (Å²) in [5.74, 6) is 0.793. The van der Waals surface area contributed by atoms with Crippen molar-refractivity contribution >= 4 is 23.1 Å². The lowest BCUT2D eigenvalue weighted by atomic mass is 10.2. The molecule has 1 aliphatic rings. The first kappa shape index (κ1) is 10.5. The number of ether oxygens (including phenoxy) is 1. The molecule has 1 atom stereocenters. The van der Waals surface area contributed by atoms with E-state index in [1.807, 2.05) is 0 Å². The molecule has 0 amide bonds. The Hall–Kier alpha value is -1.00. The largest absolute Gasteiger partial charge is 0.397 e. The molecule has 0 aromatic carbocycles. The predicted molar refractivity (Wildman–Crippen MR) is 61.3 cm³/mol. The molecule has 5 heteroatoms. The molecule has 82 valence electrons. The molecule has 2 heterocycles. The van der Waals surface area contributed by atoms with Gasteiger partial charge in [-0.05, 0) is 13.0 Å². The third-order valence-corrected chi connectivity index (χ3v) is 2.76. The topological polar surface area (TPSA) is 51.4 Å². The Kier molecular flexibility index (Phi) is 2.98. The van der Waals surface area contributed by atoms with Crippen LogP contribution in [0.3, 0.4) is 0 Å². The minimum absolute atomic E-state index is 0.298. The predicted octanol–water partition coefficient (Wildman–Crippen LogP) is 1.54. The summed E-state index contributed by atoms with van der Waals surface area (Å²) in [5.41, 5.74) is 6.19. The minimum Gasteiger partial charge on any atom is -0.397 e. The molecule has 0 spiro atoms. The second kappa shape index (κ2) is 4.24. The lowest BCUT2D eigenvalue weighted by Gasteiger charge is -2.34. The van der Waals surface area contributed by atoms with Crippen LogP contribution in [0.25, 0.3) is 0 Å². The fraction of sp³-hybridized carbons (Fsp3) is 0.500. The number of nitrogens with zero attached hydrogens (tertiary/aromatic N) is 2. The van der Waals surface area contributed by atoms with Crippen molar-refractivity contribution in [2.75, 3.05) is 30.4 Å². The Morgan fingerprint density at radius 2 is 2.47 bits per heavy atom. The SMILES string of the molecule is CC1COCCN1c1ncc(N)cc1Cl. The van der Waals surface area contributed by atoms with Crippen molar-refractivity contribution in [3.05, 3.63) is 17.3 Å². The van der Waals surface area contributed by atoms with Crippen molar-refractivity contribution in [1.82, 2.24) is 4.98 Å². The normalized spacial score (nSPS) is 21.7. The third kappa shape index (κ3) is 2.16. The molecule has 2 rings (SSSR count). The number of aromatic nitrogens is 1. The first-order valence-corrected chi connectivity index (χ1v) is 5.31. The highest BCUT2D eigenvalue weighted by Crippen LogP contribution is 2.27. The van der Waals surface area contributed by atoms with Gasteiger partial charge in [0.1, 0.15) is 5.82 Å². The maximum Gasteiger partial charge on any atom is 0.147 e. The van der Waals surface area contributed by atoms with Crippen LogP contribution < -0.4 is 10.6 Å². The van der Waals surface area contributed by atoms with E-state index in [2.05, 4.69) is 16.8 Å². The van der Waals surface area contributed by atoms with Gasteiger partial charge in [0.05, 0.1) is 36.2 Å². The van der Waals surface area contributed by atoms with Gasteiger partial charge >= 0.3 is 0 Å². The minimum atomic E-state index is 0.298. The van der Waals surface area contributed by atoms with Crippen LogP contribution in [0, 0.1) is 0 Å². The summed E-state index contributed by atoms with van der Waals surface area (Å²) < 4.78 is 5.36. The van der Waals surface area contributed by atoms with E-state index in [4.69, 9.17) is 22.1 Å². The lowest BCUT2D eigenvalue weighted by molar-refractivity contribution is 0.0985. The number of morpholine rings is 1. The second-order valence-electron chi connectivity index (χ2n) is 3.69. The van der Waals surface area contributed by atoms with Crippen LogP contribution in [0.4, 0.5) is 11.5 Å². The number of rotatable bonds is 1. The van der Waals surface area contributed by atoms with Crippen LogP contribution >= 0.6 is 11.6 Å². The smallest absolute Gasteiger partial charge is 0.147 e. The first-order valence-electron chi connectivity index (χ1n) is 4.94. The maximum atomic E-state index is 6.10. The Morgan fingerprint density at radius 1 is 1.67 bits per heavy atom. The molecule has 0 bridgehead atoms. The molecule has 1 aliphatic heterocycles. The zero-order valence-electron chi connectivity index (χ0n) is 8.61.